The lowest BCUT2D eigenvalue weighted by Gasteiger charge is -2.19. The summed E-state index contributed by atoms with van der Waals surface area (Å²) in [6, 6.07) is 4.35. The zero-order valence-corrected chi connectivity index (χ0v) is 10.5. The average Bonchev–Trinajstić information content (AvgIpc) is 2.30. The summed E-state index contributed by atoms with van der Waals surface area (Å²) < 4.78 is 13.5. The quantitative estimate of drug-likeness (QED) is 0.736. The van der Waals surface area contributed by atoms with Crippen LogP contribution in [-0.4, -0.2) is 28.8 Å². The predicted octanol–water partition coefficient (Wildman–Crippen LogP) is 1.05. The molecule has 18 heavy (non-hydrogen) atoms. The molecule has 3 N–H and O–H groups in total. The molecule has 0 fully saturated rings. The van der Waals surface area contributed by atoms with E-state index in [2.05, 4.69) is 5.32 Å². The number of hydrogen-bond acceptors (Lipinski definition) is 3. The number of aliphatic hydroxyl groups is 2. The molecular formula is C13H18FNO3. The van der Waals surface area contributed by atoms with Crippen molar-refractivity contribution >= 4 is 5.91 Å². The van der Waals surface area contributed by atoms with Crippen molar-refractivity contribution in [2.75, 3.05) is 6.54 Å². The third kappa shape index (κ3) is 4.09. The number of aryl methyl sites for hydroxylation is 1. The minimum Gasteiger partial charge on any atom is -0.390 e. The molecule has 0 spiro atoms. The van der Waals surface area contributed by atoms with Gasteiger partial charge in [-0.3, -0.25) is 4.79 Å². The van der Waals surface area contributed by atoms with Crippen molar-refractivity contribution in [2.45, 2.75) is 32.5 Å². The summed E-state index contributed by atoms with van der Waals surface area (Å²) in [5.74, 6) is -0.759. The molecule has 0 aliphatic heterocycles. The molecule has 1 aromatic carbocycles. The van der Waals surface area contributed by atoms with Gasteiger partial charge in [-0.1, -0.05) is 17.7 Å². The first-order chi connectivity index (χ1) is 8.41. The van der Waals surface area contributed by atoms with Gasteiger partial charge in [0, 0.05) is 19.0 Å². The molecule has 0 saturated carbocycles. The standard InChI is InChI=1S/C13H18FNO3/c1-8-3-4-11(14)10(7-8)13(18)12(17)5-6-15-9(2)16/h3-4,7,12-13,17-18H,5-6H2,1-2H3,(H,15,16). The van der Waals surface area contributed by atoms with Crippen molar-refractivity contribution in [2.24, 2.45) is 0 Å². The molecule has 0 aliphatic rings. The molecule has 1 aromatic rings. The Hall–Kier alpha value is -1.46. The van der Waals surface area contributed by atoms with Gasteiger partial charge in [-0.15, -0.1) is 0 Å². The largest absolute Gasteiger partial charge is 0.390 e. The summed E-state index contributed by atoms with van der Waals surface area (Å²) in [5, 5.41) is 22.1. The van der Waals surface area contributed by atoms with Crippen LogP contribution in [0.15, 0.2) is 18.2 Å². The summed E-state index contributed by atoms with van der Waals surface area (Å²) in [7, 11) is 0. The maximum atomic E-state index is 13.5. The lowest BCUT2D eigenvalue weighted by molar-refractivity contribution is -0.119. The van der Waals surface area contributed by atoms with Crippen molar-refractivity contribution in [1.82, 2.24) is 5.32 Å². The van der Waals surface area contributed by atoms with Crippen LogP contribution in [0.3, 0.4) is 0 Å². The number of aliphatic hydroxyl groups excluding tert-OH is 2. The zero-order chi connectivity index (χ0) is 13.7. The van der Waals surface area contributed by atoms with E-state index >= 15 is 0 Å². The molecule has 5 heteroatoms. The van der Waals surface area contributed by atoms with E-state index in [-0.39, 0.29) is 24.4 Å². The van der Waals surface area contributed by atoms with E-state index in [0.717, 1.165) is 5.56 Å². The molecule has 0 aliphatic carbocycles. The molecule has 0 bridgehead atoms. The molecule has 4 nitrogen and oxygen atoms in total. The topological polar surface area (TPSA) is 69.6 Å². The van der Waals surface area contributed by atoms with Gasteiger partial charge < -0.3 is 15.5 Å². The molecule has 2 atom stereocenters. The molecule has 1 amide bonds. The van der Waals surface area contributed by atoms with E-state index in [1.54, 1.807) is 13.0 Å². The van der Waals surface area contributed by atoms with Crippen LogP contribution in [0, 0.1) is 12.7 Å². The minimum atomic E-state index is -1.29. The Morgan fingerprint density at radius 1 is 1.44 bits per heavy atom. The Labute approximate surface area is 105 Å². The van der Waals surface area contributed by atoms with E-state index in [9.17, 15) is 19.4 Å². The normalized spacial score (nSPS) is 14.1. The summed E-state index contributed by atoms with van der Waals surface area (Å²) in [5.41, 5.74) is 0.879. The SMILES string of the molecule is CC(=O)NCCC(O)C(O)c1cc(C)ccc1F. The number of halogens is 1. The van der Waals surface area contributed by atoms with E-state index in [4.69, 9.17) is 0 Å². The zero-order valence-electron chi connectivity index (χ0n) is 10.5. The summed E-state index contributed by atoms with van der Waals surface area (Å²) in [6.07, 6.45) is -2.25. The Morgan fingerprint density at radius 3 is 2.72 bits per heavy atom. The van der Waals surface area contributed by atoms with Crippen LogP contribution in [0.1, 0.15) is 30.6 Å². The predicted molar refractivity (Wildman–Crippen MR) is 65.4 cm³/mol. The van der Waals surface area contributed by atoms with Crippen LogP contribution >= 0.6 is 0 Å². The molecule has 1 rings (SSSR count). The Morgan fingerprint density at radius 2 is 2.11 bits per heavy atom. The summed E-state index contributed by atoms with van der Waals surface area (Å²) in [4.78, 5) is 10.6. The van der Waals surface area contributed by atoms with Crippen LogP contribution in [0.25, 0.3) is 0 Å². The highest BCUT2D eigenvalue weighted by Crippen LogP contribution is 2.22. The van der Waals surface area contributed by atoms with Crippen molar-refractivity contribution in [3.63, 3.8) is 0 Å². The number of rotatable bonds is 5. The lowest BCUT2D eigenvalue weighted by Crippen LogP contribution is -2.28. The van der Waals surface area contributed by atoms with Gasteiger partial charge in [0.05, 0.1) is 6.10 Å². The maximum Gasteiger partial charge on any atom is 0.216 e. The average molecular weight is 255 g/mol. The summed E-state index contributed by atoms with van der Waals surface area (Å²) in [6.45, 7) is 3.38. The van der Waals surface area contributed by atoms with Crippen LogP contribution in [0.5, 0.6) is 0 Å². The lowest BCUT2D eigenvalue weighted by atomic mass is 10.00. The monoisotopic (exact) mass is 255 g/mol. The van der Waals surface area contributed by atoms with Crippen molar-refractivity contribution < 1.29 is 19.4 Å². The first-order valence-electron chi connectivity index (χ1n) is 5.78. The third-order valence-electron chi connectivity index (χ3n) is 2.65. The van der Waals surface area contributed by atoms with E-state index < -0.39 is 18.0 Å². The van der Waals surface area contributed by atoms with Gasteiger partial charge in [-0.25, -0.2) is 4.39 Å². The number of benzene rings is 1. The molecule has 0 radical (unpaired) electrons. The van der Waals surface area contributed by atoms with Crippen LogP contribution in [-0.2, 0) is 4.79 Å². The fraction of sp³-hybridized carbons (Fsp3) is 0.462. The summed E-state index contributed by atoms with van der Waals surface area (Å²) >= 11 is 0. The fourth-order valence-corrected chi connectivity index (χ4v) is 1.65. The van der Waals surface area contributed by atoms with E-state index in [1.165, 1.54) is 19.1 Å². The Balaban J connectivity index is 2.64. The van der Waals surface area contributed by atoms with Gasteiger partial charge in [-0.05, 0) is 19.4 Å². The van der Waals surface area contributed by atoms with Gasteiger partial charge in [0.2, 0.25) is 5.91 Å². The van der Waals surface area contributed by atoms with Gasteiger partial charge in [-0.2, -0.15) is 0 Å². The van der Waals surface area contributed by atoms with Gasteiger partial charge >= 0.3 is 0 Å². The molecule has 0 saturated heterocycles. The number of carbonyl (C=O) groups is 1. The number of amides is 1. The van der Waals surface area contributed by atoms with Gasteiger partial charge in [0.15, 0.2) is 0 Å². The van der Waals surface area contributed by atoms with Crippen LogP contribution < -0.4 is 5.32 Å². The Bertz CT molecular complexity index is 423. The van der Waals surface area contributed by atoms with Crippen LogP contribution in [0.2, 0.25) is 0 Å². The fourth-order valence-electron chi connectivity index (χ4n) is 1.65. The first kappa shape index (κ1) is 14.6. The first-order valence-corrected chi connectivity index (χ1v) is 5.78. The van der Waals surface area contributed by atoms with Gasteiger partial charge in [0.25, 0.3) is 0 Å². The van der Waals surface area contributed by atoms with E-state index in [1.807, 2.05) is 0 Å². The Kier molecular flexibility index (Phi) is 5.25. The van der Waals surface area contributed by atoms with E-state index in [0.29, 0.717) is 0 Å². The molecule has 0 aromatic heterocycles. The second-order valence-corrected chi connectivity index (χ2v) is 4.31. The van der Waals surface area contributed by atoms with Crippen molar-refractivity contribution in [1.29, 1.82) is 0 Å². The number of hydrogen-bond donors (Lipinski definition) is 3. The van der Waals surface area contributed by atoms with Gasteiger partial charge in [0.1, 0.15) is 11.9 Å². The smallest absolute Gasteiger partial charge is 0.216 e. The minimum absolute atomic E-state index is 0.0744. The number of nitrogens with one attached hydrogen (secondary N) is 1. The number of carbonyl (C=O) groups excluding carboxylic acids is 1. The third-order valence-corrected chi connectivity index (χ3v) is 2.65. The van der Waals surface area contributed by atoms with Crippen molar-refractivity contribution in [3.05, 3.63) is 35.1 Å². The molecule has 2 unspecified atom stereocenters. The molecule has 100 valence electrons. The maximum absolute atomic E-state index is 13.5. The van der Waals surface area contributed by atoms with Crippen LogP contribution in [0.4, 0.5) is 4.39 Å². The highest BCUT2D eigenvalue weighted by molar-refractivity contribution is 5.72. The second kappa shape index (κ2) is 6.47. The molecular weight excluding hydrogens is 237 g/mol. The highest BCUT2D eigenvalue weighted by atomic mass is 19.1. The van der Waals surface area contributed by atoms with Crippen molar-refractivity contribution in [3.8, 4) is 0 Å². The molecule has 0 heterocycles. The second-order valence-electron chi connectivity index (χ2n) is 4.31. The highest BCUT2D eigenvalue weighted by Gasteiger charge is 2.21.